The average molecular weight is 395 g/mol. The van der Waals surface area contributed by atoms with E-state index in [0.717, 1.165) is 25.7 Å². The van der Waals surface area contributed by atoms with E-state index in [2.05, 4.69) is 46.0 Å². The van der Waals surface area contributed by atoms with E-state index in [9.17, 15) is 9.90 Å². The maximum Gasteiger partial charge on any atom is 0.330 e. The first kappa shape index (κ1) is 22.4. The summed E-state index contributed by atoms with van der Waals surface area (Å²) in [6.07, 6.45) is 11.7. The molecule has 0 aromatic rings. The third-order valence-corrected chi connectivity index (χ3v) is 10.9. The lowest BCUT2D eigenvalue weighted by Gasteiger charge is -2.41. The van der Waals surface area contributed by atoms with Gasteiger partial charge in [0.15, 0.2) is 8.32 Å². The van der Waals surface area contributed by atoms with Crippen LogP contribution in [0.15, 0.2) is 24.3 Å². The van der Waals surface area contributed by atoms with Gasteiger partial charge in [0.05, 0.1) is 18.3 Å². The molecule has 1 heterocycles. The summed E-state index contributed by atoms with van der Waals surface area (Å²) < 4.78 is 12.2. The maximum absolute atomic E-state index is 12.2. The van der Waals surface area contributed by atoms with Crippen LogP contribution >= 0.6 is 0 Å². The molecule has 2 aliphatic rings. The number of ether oxygens (including phenoxy) is 1. The smallest absolute Gasteiger partial charge is 0.330 e. The maximum atomic E-state index is 12.2. The van der Waals surface area contributed by atoms with Gasteiger partial charge in [0.1, 0.15) is 0 Å². The number of aliphatic hydroxyl groups is 1. The molecule has 0 amide bonds. The summed E-state index contributed by atoms with van der Waals surface area (Å²) in [7, 11) is -2.02. The van der Waals surface area contributed by atoms with Gasteiger partial charge < -0.3 is 14.3 Å². The van der Waals surface area contributed by atoms with Crippen LogP contribution in [0.1, 0.15) is 59.8 Å². The van der Waals surface area contributed by atoms with Gasteiger partial charge in [-0.2, -0.15) is 0 Å². The SMILES string of the molecule is C[C@H]1CCC/C=C/[C@@H]2C[C@H](O)C[C@H]2[C@H](O[Si](C)(C)C(C)(C)C)/C=C/C(=O)O1. The molecule has 0 radical (unpaired) electrons. The van der Waals surface area contributed by atoms with Crippen molar-refractivity contribution in [3.63, 3.8) is 0 Å². The fourth-order valence-electron chi connectivity index (χ4n) is 3.72. The molecular weight excluding hydrogens is 356 g/mol. The van der Waals surface area contributed by atoms with Crippen molar-refractivity contribution < 1.29 is 19.1 Å². The quantitative estimate of drug-likeness (QED) is 0.407. The Morgan fingerprint density at radius 2 is 1.93 bits per heavy atom. The van der Waals surface area contributed by atoms with E-state index in [1.165, 1.54) is 6.08 Å². The highest BCUT2D eigenvalue weighted by atomic mass is 28.4. The number of carbonyl (C=O) groups is 1. The Bertz CT molecular complexity index is 561. The van der Waals surface area contributed by atoms with E-state index in [-0.39, 0.29) is 41.2 Å². The summed E-state index contributed by atoms with van der Waals surface area (Å²) in [5.41, 5.74) is 0. The molecule has 0 bridgehead atoms. The molecule has 27 heavy (non-hydrogen) atoms. The molecule has 0 aromatic carbocycles. The number of cyclic esters (lactones) is 1. The van der Waals surface area contributed by atoms with Crippen molar-refractivity contribution in [2.75, 3.05) is 0 Å². The van der Waals surface area contributed by atoms with Crippen LogP contribution in [0.2, 0.25) is 18.1 Å². The minimum atomic E-state index is -2.02. The third kappa shape index (κ3) is 6.30. The highest BCUT2D eigenvalue weighted by Crippen LogP contribution is 2.42. The Morgan fingerprint density at radius 3 is 2.59 bits per heavy atom. The van der Waals surface area contributed by atoms with E-state index in [4.69, 9.17) is 9.16 Å². The Hall–Kier alpha value is -0.913. The normalized spacial score (nSPS) is 36.0. The van der Waals surface area contributed by atoms with Crippen LogP contribution in [-0.2, 0) is 14.0 Å². The first-order valence-corrected chi connectivity index (χ1v) is 13.3. The molecular formula is C22H38O4Si. The van der Waals surface area contributed by atoms with Gasteiger partial charge in [-0.15, -0.1) is 0 Å². The van der Waals surface area contributed by atoms with E-state index in [0.29, 0.717) is 6.42 Å². The minimum absolute atomic E-state index is 0.0719. The van der Waals surface area contributed by atoms with Crippen LogP contribution in [0.4, 0.5) is 0 Å². The molecule has 5 heteroatoms. The highest BCUT2D eigenvalue weighted by molar-refractivity contribution is 6.74. The number of hydrogen-bond acceptors (Lipinski definition) is 4. The van der Waals surface area contributed by atoms with E-state index >= 15 is 0 Å². The first-order valence-electron chi connectivity index (χ1n) is 10.4. The second-order valence-corrected chi connectivity index (χ2v) is 14.5. The second kappa shape index (κ2) is 9.06. The van der Waals surface area contributed by atoms with E-state index in [1.807, 2.05) is 13.0 Å². The molecule has 1 aliphatic carbocycles. The molecule has 1 aliphatic heterocycles. The van der Waals surface area contributed by atoms with Gasteiger partial charge >= 0.3 is 5.97 Å². The van der Waals surface area contributed by atoms with Gasteiger partial charge in [-0.3, -0.25) is 0 Å². The Balaban J connectivity index is 2.31. The number of hydrogen-bond donors (Lipinski definition) is 1. The number of allylic oxidation sites excluding steroid dienone is 2. The zero-order valence-corrected chi connectivity index (χ0v) is 18.9. The van der Waals surface area contributed by atoms with Gasteiger partial charge in [-0.05, 0) is 75.1 Å². The fraction of sp³-hybridized carbons (Fsp3) is 0.773. The van der Waals surface area contributed by atoms with Gasteiger partial charge in [-0.1, -0.05) is 32.9 Å². The molecule has 0 saturated heterocycles. The van der Waals surface area contributed by atoms with E-state index < -0.39 is 8.32 Å². The van der Waals surface area contributed by atoms with Crippen LogP contribution in [0, 0.1) is 11.8 Å². The number of carbonyl (C=O) groups excluding carboxylic acids is 1. The zero-order chi connectivity index (χ0) is 20.2. The molecule has 5 atom stereocenters. The fourth-order valence-corrected chi connectivity index (χ4v) is 5.01. The Kier molecular flexibility index (Phi) is 7.51. The molecule has 1 fully saturated rings. The van der Waals surface area contributed by atoms with Gasteiger partial charge in [0.2, 0.25) is 0 Å². The van der Waals surface area contributed by atoms with Crippen molar-refractivity contribution in [2.24, 2.45) is 11.8 Å². The van der Waals surface area contributed by atoms with Crippen molar-refractivity contribution in [2.45, 2.75) is 96.2 Å². The van der Waals surface area contributed by atoms with Crippen LogP contribution in [0.3, 0.4) is 0 Å². The van der Waals surface area contributed by atoms with Crippen molar-refractivity contribution in [3.05, 3.63) is 24.3 Å². The summed E-state index contributed by atoms with van der Waals surface area (Å²) in [5.74, 6) is 0.176. The molecule has 1 saturated carbocycles. The van der Waals surface area contributed by atoms with Crippen molar-refractivity contribution >= 4 is 14.3 Å². The summed E-state index contributed by atoms with van der Waals surface area (Å²) in [6.45, 7) is 13.1. The zero-order valence-electron chi connectivity index (χ0n) is 17.9. The largest absolute Gasteiger partial charge is 0.460 e. The second-order valence-electron chi connectivity index (χ2n) is 9.76. The monoisotopic (exact) mass is 394 g/mol. The van der Waals surface area contributed by atoms with Crippen LogP contribution in [0.5, 0.6) is 0 Å². The van der Waals surface area contributed by atoms with Crippen molar-refractivity contribution in [1.82, 2.24) is 0 Å². The van der Waals surface area contributed by atoms with Gasteiger partial charge in [0, 0.05) is 6.08 Å². The van der Waals surface area contributed by atoms with Crippen LogP contribution in [0.25, 0.3) is 0 Å². The molecule has 4 nitrogen and oxygen atoms in total. The van der Waals surface area contributed by atoms with Crippen LogP contribution < -0.4 is 0 Å². The van der Waals surface area contributed by atoms with Gasteiger partial charge in [0.25, 0.3) is 0 Å². The standard InChI is InChI=1S/C22H38O4Si/c1-16-10-8-7-9-11-17-14-18(23)15-19(17)20(12-13-21(24)25-16)26-27(5,6)22(2,3)4/h9,11-13,16-20,23H,7-8,10,14-15H2,1-6H3/b11-9+,13-12+/t16-,17+,18-,19+,20+/m0/s1. The minimum Gasteiger partial charge on any atom is -0.460 e. The van der Waals surface area contributed by atoms with E-state index in [1.54, 1.807) is 0 Å². The summed E-state index contributed by atoms with van der Waals surface area (Å²) in [5, 5.41) is 10.4. The molecule has 0 spiro atoms. The number of fused-ring (bicyclic) bond motifs is 1. The summed E-state index contributed by atoms with van der Waals surface area (Å²) >= 11 is 0. The third-order valence-electron chi connectivity index (χ3n) is 6.40. The predicted octanol–water partition coefficient (Wildman–Crippen LogP) is 4.99. The van der Waals surface area contributed by atoms with Gasteiger partial charge in [-0.25, -0.2) is 4.79 Å². The van der Waals surface area contributed by atoms with Crippen molar-refractivity contribution in [3.8, 4) is 0 Å². The topological polar surface area (TPSA) is 55.8 Å². The lowest BCUT2D eigenvalue weighted by atomic mass is 9.90. The summed E-state index contributed by atoms with van der Waals surface area (Å²) in [4.78, 5) is 12.2. The highest BCUT2D eigenvalue weighted by Gasteiger charge is 2.43. The van der Waals surface area contributed by atoms with Crippen LogP contribution in [-0.4, -0.2) is 37.7 Å². The molecule has 2 rings (SSSR count). The lowest BCUT2D eigenvalue weighted by molar-refractivity contribution is -0.142. The average Bonchev–Trinajstić information content (AvgIpc) is 2.90. The predicted molar refractivity (Wildman–Crippen MR) is 112 cm³/mol. The first-order chi connectivity index (χ1) is 12.5. The molecule has 1 N–H and O–H groups in total. The molecule has 0 aromatic heterocycles. The Labute approximate surface area is 166 Å². The van der Waals surface area contributed by atoms with Crippen molar-refractivity contribution in [1.29, 1.82) is 0 Å². The molecule has 154 valence electrons. The number of rotatable bonds is 2. The number of esters is 1. The molecule has 0 unspecified atom stereocenters. The Morgan fingerprint density at radius 1 is 1.22 bits per heavy atom. The summed E-state index contributed by atoms with van der Waals surface area (Å²) in [6, 6.07) is 0. The lowest BCUT2D eigenvalue weighted by Crippen LogP contribution is -2.45. The number of aliphatic hydroxyl groups excluding tert-OH is 1.